The van der Waals surface area contributed by atoms with Gasteiger partial charge < -0.3 is 15.2 Å². The predicted molar refractivity (Wildman–Crippen MR) is 93.8 cm³/mol. The molecule has 2 rings (SSSR count). The van der Waals surface area contributed by atoms with E-state index in [1.54, 1.807) is 12.1 Å². The van der Waals surface area contributed by atoms with Crippen molar-refractivity contribution in [1.82, 2.24) is 10.3 Å². The third-order valence-corrected chi connectivity index (χ3v) is 5.25. The first-order chi connectivity index (χ1) is 12.3. The summed E-state index contributed by atoms with van der Waals surface area (Å²) in [7, 11) is -3.72. The number of aromatic nitrogens is 1. The van der Waals surface area contributed by atoms with Crippen molar-refractivity contribution in [2.45, 2.75) is 16.3 Å². The van der Waals surface area contributed by atoms with Gasteiger partial charge in [0.15, 0.2) is 0 Å². The van der Waals surface area contributed by atoms with Gasteiger partial charge in [0.1, 0.15) is 5.03 Å². The van der Waals surface area contributed by atoms with Crippen LogP contribution in [0, 0.1) is 0 Å². The molecule has 8 nitrogen and oxygen atoms in total. The number of hydrogen-bond acceptors (Lipinski definition) is 7. The molecule has 0 unspecified atom stereocenters. The first-order valence-corrected chi connectivity index (χ1v) is 9.98. The smallest absolute Gasteiger partial charge is 0.238 e. The lowest BCUT2D eigenvalue weighted by Crippen LogP contribution is -2.28. The lowest BCUT2D eigenvalue weighted by Gasteiger charge is -2.09. The number of amides is 1. The van der Waals surface area contributed by atoms with Gasteiger partial charge in [-0.25, -0.2) is 18.5 Å². The Morgan fingerprint density at radius 2 is 1.88 bits per heavy atom. The third-order valence-electron chi connectivity index (χ3n) is 3.32. The minimum Gasteiger partial charge on any atom is -0.545 e. The zero-order valence-electron chi connectivity index (χ0n) is 13.5. The number of carboxylic acids is 1. The van der Waals surface area contributed by atoms with Crippen LogP contribution in [0.4, 0.5) is 0 Å². The topological polar surface area (TPSA) is 142 Å². The highest BCUT2D eigenvalue weighted by atomic mass is 32.2. The number of nitrogens with one attached hydrogen (secondary N) is 1. The van der Waals surface area contributed by atoms with Crippen LogP contribution in [0.3, 0.4) is 0 Å². The molecule has 3 N–H and O–H groups in total. The van der Waals surface area contributed by atoms with E-state index in [-0.39, 0.29) is 27.1 Å². The van der Waals surface area contributed by atoms with Crippen LogP contribution in [0.1, 0.15) is 15.9 Å². The fourth-order valence-electron chi connectivity index (χ4n) is 2.04. The van der Waals surface area contributed by atoms with E-state index >= 15 is 0 Å². The molecule has 0 saturated carbocycles. The van der Waals surface area contributed by atoms with Crippen LogP contribution in [-0.2, 0) is 21.2 Å². The average molecular weight is 394 g/mol. The molecule has 0 fully saturated rings. The maximum absolute atomic E-state index is 11.9. The van der Waals surface area contributed by atoms with Crippen LogP contribution in [0.2, 0.25) is 0 Å². The summed E-state index contributed by atoms with van der Waals surface area (Å²) in [4.78, 5) is 26.8. The number of nitrogens with two attached hydrogens (primary N) is 1. The van der Waals surface area contributed by atoms with Crippen molar-refractivity contribution < 1.29 is 23.1 Å². The van der Waals surface area contributed by atoms with Crippen LogP contribution in [0.15, 0.2) is 52.5 Å². The van der Waals surface area contributed by atoms with Crippen molar-refractivity contribution in [2.75, 3.05) is 12.3 Å². The lowest BCUT2D eigenvalue weighted by molar-refractivity contribution is -0.255. The largest absolute Gasteiger partial charge is 0.545 e. The third kappa shape index (κ3) is 5.83. The van der Waals surface area contributed by atoms with E-state index in [1.807, 2.05) is 0 Å². The highest BCUT2D eigenvalue weighted by Gasteiger charge is 2.09. The average Bonchev–Trinajstić information content (AvgIpc) is 2.60. The first kappa shape index (κ1) is 19.9. The molecule has 0 bridgehead atoms. The molecule has 1 heterocycles. The Kier molecular flexibility index (Phi) is 6.72. The molecular weight excluding hydrogens is 378 g/mol. The second kappa shape index (κ2) is 8.79. The Labute approximate surface area is 154 Å². The molecule has 0 aliphatic rings. The lowest BCUT2D eigenvalue weighted by atomic mass is 10.1. The van der Waals surface area contributed by atoms with Crippen molar-refractivity contribution in [3.05, 3.63) is 53.7 Å². The molecule has 138 valence electrons. The van der Waals surface area contributed by atoms with Crippen LogP contribution in [0.5, 0.6) is 0 Å². The minimum absolute atomic E-state index is 0.0155. The van der Waals surface area contributed by atoms with Gasteiger partial charge in [0.2, 0.25) is 15.9 Å². The Hall–Kier alpha value is -2.43. The number of hydrogen-bond donors (Lipinski definition) is 2. The van der Waals surface area contributed by atoms with E-state index in [0.717, 1.165) is 17.3 Å². The second-order valence-corrected chi connectivity index (χ2v) is 7.75. The molecule has 10 heteroatoms. The summed E-state index contributed by atoms with van der Waals surface area (Å²) < 4.78 is 22.4. The number of aromatic carboxylic acids is 1. The van der Waals surface area contributed by atoms with Gasteiger partial charge in [0, 0.05) is 18.3 Å². The van der Waals surface area contributed by atoms with Crippen molar-refractivity contribution >= 4 is 33.7 Å². The van der Waals surface area contributed by atoms with E-state index < -0.39 is 16.0 Å². The Balaban J connectivity index is 1.80. The molecule has 0 radical (unpaired) electrons. The van der Waals surface area contributed by atoms with Crippen LogP contribution < -0.4 is 15.6 Å². The van der Waals surface area contributed by atoms with E-state index in [0.29, 0.717) is 13.0 Å². The molecule has 26 heavy (non-hydrogen) atoms. The van der Waals surface area contributed by atoms with Crippen LogP contribution in [-0.4, -0.2) is 37.6 Å². The monoisotopic (exact) mass is 394 g/mol. The van der Waals surface area contributed by atoms with E-state index in [4.69, 9.17) is 5.14 Å². The van der Waals surface area contributed by atoms with Gasteiger partial charge >= 0.3 is 0 Å². The number of nitrogens with zero attached hydrogens (tertiary/aromatic N) is 1. The summed E-state index contributed by atoms with van der Waals surface area (Å²) in [6, 6.07) is 8.92. The van der Waals surface area contributed by atoms with Gasteiger partial charge in [-0.15, -0.1) is 0 Å². The summed E-state index contributed by atoms with van der Waals surface area (Å²) in [5, 5.41) is 18.9. The summed E-state index contributed by atoms with van der Waals surface area (Å²) in [6.07, 6.45) is 1.95. The van der Waals surface area contributed by atoms with E-state index in [9.17, 15) is 23.1 Å². The van der Waals surface area contributed by atoms with Gasteiger partial charge in [-0.1, -0.05) is 23.9 Å². The SMILES string of the molecule is NS(=O)(=O)c1ccc(CCNC(=O)CSc2ncccc2C(=O)[O-])cc1. The molecule has 0 atom stereocenters. The Bertz CT molecular complexity index is 898. The highest BCUT2D eigenvalue weighted by Crippen LogP contribution is 2.19. The Morgan fingerprint density at radius 3 is 2.50 bits per heavy atom. The molecule has 1 amide bonds. The van der Waals surface area contributed by atoms with Crippen molar-refractivity contribution in [3.8, 4) is 0 Å². The van der Waals surface area contributed by atoms with Gasteiger partial charge in [0.25, 0.3) is 0 Å². The summed E-state index contributed by atoms with van der Waals surface area (Å²) in [5.74, 6) is -1.60. The summed E-state index contributed by atoms with van der Waals surface area (Å²) in [6.45, 7) is 0.351. The van der Waals surface area contributed by atoms with E-state index in [2.05, 4.69) is 10.3 Å². The van der Waals surface area contributed by atoms with Crippen molar-refractivity contribution in [1.29, 1.82) is 0 Å². The molecular formula is C16H16N3O5S2-. The minimum atomic E-state index is -3.72. The molecule has 0 saturated heterocycles. The molecule has 0 spiro atoms. The van der Waals surface area contributed by atoms with Gasteiger partial charge in [0.05, 0.1) is 16.6 Å². The van der Waals surface area contributed by atoms with Gasteiger partial charge in [-0.3, -0.25) is 4.79 Å². The van der Waals surface area contributed by atoms with Gasteiger partial charge in [-0.2, -0.15) is 0 Å². The summed E-state index contributed by atoms with van der Waals surface area (Å²) in [5.41, 5.74) is 0.787. The standard InChI is InChI=1S/C16H17N3O5S2/c17-26(23,24)12-5-3-11(4-6-12)7-9-18-14(20)10-25-15-13(16(21)22)2-1-8-19-15/h1-6,8H,7,9-10H2,(H,18,20)(H,21,22)(H2,17,23,24)/p-1. The van der Waals surface area contributed by atoms with E-state index in [1.165, 1.54) is 30.5 Å². The van der Waals surface area contributed by atoms with Crippen molar-refractivity contribution in [2.24, 2.45) is 5.14 Å². The highest BCUT2D eigenvalue weighted by molar-refractivity contribution is 8.00. The second-order valence-electron chi connectivity index (χ2n) is 5.22. The zero-order valence-corrected chi connectivity index (χ0v) is 15.2. The molecule has 0 aliphatic carbocycles. The predicted octanol–water partition coefficient (Wildman–Crippen LogP) is -0.456. The normalized spacial score (nSPS) is 11.1. The quantitative estimate of drug-likeness (QED) is 0.577. The van der Waals surface area contributed by atoms with Crippen LogP contribution >= 0.6 is 11.8 Å². The maximum Gasteiger partial charge on any atom is 0.238 e. The number of carbonyl (C=O) groups is 2. The number of pyridine rings is 1. The molecule has 2 aromatic rings. The Morgan fingerprint density at radius 1 is 1.19 bits per heavy atom. The summed E-state index contributed by atoms with van der Waals surface area (Å²) >= 11 is 1.01. The number of carbonyl (C=O) groups excluding carboxylic acids is 2. The van der Waals surface area contributed by atoms with Crippen LogP contribution in [0.25, 0.3) is 0 Å². The molecule has 1 aromatic heterocycles. The molecule has 1 aromatic carbocycles. The molecule has 0 aliphatic heterocycles. The number of thioether (sulfide) groups is 1. The number of primary sulfonamides is 1. The fraction of sp³-hybridized carbons (Fsp3) is 0.188. The number of sulfonamides is 1. The van der Waals surface area contributed by atoms with Crippen molar-refractivity contribution in [3.63, 3.8) is 0 Å². The number of benzene rings is 1. The number of rotatable bonds is 8. The maximum atomic E-state index is 11.9. The zero-order chi connectivity index (χ0) is 19.2. The van der Waals surface area contributed by atoms with Gasteiger partial charge in [-0.05, 0) is 36.2 Å². The first-order valence-electron chi connectivity index (χ1n) is 7.45. The number of carboxylic acid groups (broad SMARTS) is 1. The fourth-order valence-corrected chi connectivity index (χ4v) is 3.37.